The molecule has 0 heterocycles. The van der Waals surface area contributed by atoms with Crippen LogP contribution >= 0.6 is 7.60 Å². The van der Waals surface area contributed by atoms with Crippen molar-refractivity contribution in [1.29, 1.82) is 0 Å². The van der Waals surface area contributed by atoms with Gasteiger partial charge in [-0.1, -0.05) is 39.0 Å². The summed E-state index contributed by atoms with van der Waals surface area (Å²) in [7, 11) is -2.35. The molecule has 0 fully saturated rings. The van der Waals surface area contributed by atoms with Crippen molar-refractivity contribution < 1.29 is 14.4 Å². The van der Waals surface area contributed by atoms with Crippen LogP contribution in [0.15, 0.2) is 0 Å². The quantitative estimate of drug-likeness (QED) is 0.435. The van der Waals surface area contributed by atoms with Gasteiger partial charge >= 0.3 is 7.60 Å². The highest BCUT2D eigenvalue weighted by Gasteiger charge is 2.25. The molecule has 86 valence electrons. The molecule has 0 saturated carbocycles. The van der Waals surface area contributed by atoms with Crippen LogP contribution in [0.2, 0.25) is 0 Å². The number of hydrogen-bond donors (Lipinski definition) is 3. The smallest absolute Gasteiger partial charge is 0.323 e. The van der Waals surface area contributed by atoms with Gasteiger partial charge in [0.25, 0.3) is 0 Å². The van der Waals surface area contributed by atoms with Gasteiger partial charge in [0.05, 0.1) is 0 Å². The van der Waals surface area contributed by atoms with Gasteiger partial charge in [-0.2, -0.15) is 0 Å². The molecule has 0 amide bonds. The molecule has 1 atom stereocenters. The molecule has 0 aliphatic carbocycles. The third kappa shape index (κ3) is 6.55. The second-order valence-corrected chi connectivity index (χ2v) is 5.40. The van der Waals surface area contributed by atoms with Gasteiger partial charge in [-0.15, -0.1) is 0 Å². The first kappa shape index (κ1) is 14.1. The largest absolute Gasteiger partial charge is 0.342 e. The van der Waals surface area contributed by atoms with E-state index >= 15 is 0 Å². The predicted molar refractivity (Wildman–Crippen MR) is 58.3 cm³/mol. The highest BCUT2D eigenvalue weighted by Crippen LogP contribution is 2.41. The predicted octanol–water partition coefficient (Wildman–Crippen LogP) is 2.07. The molecule has 0 aliphatic rings. The van der Waals surface area contributed by atoms with Crippen molar-refractivity contribution >= 4 is 7.60 Å². The third-order valence-corrected chi connectivity index (χ3v) is 3.65. The van der Waals surface area contributed by atoms with E-state index in [0.29, 0.717) is 6.42 Å². The Bertz CT molecular complexity index is 181. The first-order chi connectivity index (χ1) is 6.52. The van der Waals surface area contributed by atoms with Gasteiger partial charge in [0.1, 0.15) is 5.78 Å². The Morgan fingerprint density at radius 2 is 1.79 bits per heavy atom. The van der Waals surface area contributed by atoms with Gasteiger partial charge < -0.3 is 15.1 Å². The van der Waals surface area contributed by atoms with E-state index < -0.39 is 13.4 Å². The molecule has 0 aliphatic heterocycles. The minimum absolute atomic E-state index is 0.560. The fourth-order valence-electron chi connectivity index (χ4n) is 1.42. The van der Waals surface area contributed by atoms with E-state index in [4.69, 9.17) is 9.79 Å². The standard InChI is InChI=1S/C9H22NO3P/c1-3-4-5-6-7-8-9(10-2)14(11,12)13/h9-10H,3-8H2,1-2H3,(H2,11,12,13). The van der Waals surface area contributed by atoms with Gasteiger partial charge in [0, 0.05) is 0 Å². The Kier molecular flexibility index (Phi) is 7.47. The molecule has 0 aromatic rings. The maximum absolute atomic E-state index is 10.9. The van der Waals surface area contributed by atoms with Gasteiger partial charge in [0.15, 0.2) is 0 Å². The summed E-state index contributed by atoms with van der Waals surface area (Å²) in [5.74, 6) is -0.663. The minimum atomic E-state index is -3.94. The van der Waals surface area contributed by atoms with E-state index in [1.165, 1.54) is 12.8 Å². The van der Waals surface area contributed by atoms with E-state index in [1.807, 2.05) is 0 Å². The molecule has 3 N–H and O–H groups in total. The Morgan fingerprint density at radius 3 is 2.21 bits per heavy atom. The molecule has 0 bridgehead atoms. The summed E-state index contributed by atoms with van der Waals surface area (Å²) >= 11 is 0. The molecule has 5 heteroatoms. The number of hydrogen-bond acceptors (Lipinski definition) is 2. The van der Waals surface area contributed by atoms with Crippen molar-refractivity contribution in [3.8, 4) is 0 Å². The van der Waals surface area contributed by atoms with Crippen LogP contribution in [-0.2, 0) is 4.57 Å². The van der Waals surface area contributed by atoms with Crippen LogP contribution in [-0.4, -0.2) is 22.6 Å². The van der Waals surface area contributed by atoms with E-state index in [-0.39, 0.29) is 0 Å². The number of unbranched alkanes of at least 4 members (excludes halogenated alkanes) is 4. The van der Waals surface area contributed by atoms with Crippen molar-refractivity contribution in [3.63, 3.8) is 0 Å². The molecule has 0 rings (SSSR count). The molecular weight excluding hydrogens is 201 g/mol. The lowest BCUT2D eigenvalue weighted by Gasteiger charge is -2.17. The van der Waals surface area contributed by atoms with E-state index in [9.17, 15) is 4.57 Å². The van der Waals surface area contributed by atoms with Crippen LogP contribution < -0.4 is 5.32 Å². The first-order valence-corrected chi connectivity index (χ1v) is 6.93. The summed E-state index contributed by atoms with van der Waals surface area (Å²) in [4.78, 5) is 17.9. The zero-order valence-corrected chi connectivity index (χ0v) is 9.96. The zero-order valence-electron chi connectivity index (χ0n) is 9.07. The highest BCUT2D eigenvalue weighted by atomic mass is 31.2. The zero-order chi connectivity index (χ0) is 11.0. The Morgan fingerprint density at radius 1 is 1.21 bits per heavy atom. The SMILES string of the molecule is CCCCCCCC(NC)P(=O)(O)O. The molecule has 0 spiro atoms. The number of rotatable bonds is 8. The fraction of sp³-hybridized carbons (Fsp3) is 1.00. The highest BCUT2D eigenvalue weighted by molar-refractivity contribution is 7.52. The summed E-state index contributed by atoms with van der Waals surface area (Å²) in [6.45, 7) is 2.14. The lowest BCUT2D eigenvalue weighted by atomic mass is 10.1. The summed E-state index contributed by atoms with van der Waals surface area (Å²) in [5, 5.41) is 2.67. The lowest BCUT2D eigenvalue weighted by Crippen LogP contribution is -2.24. The van der Waals surface area contributed by atoms with Crippen molar-refractivity contribution in [3.05, 3.63) is 0 Å². The molecule has 0 saturated heterocycles. The molecule has 0 aromatic carbocycles. The van der Waals surface area contributed by atoms with Crippen molar-refractivity contribution in [2.75, 3.05) is 7.05 Å². The maximum Gasteiger partial charge on any atom is 0.342 e. The Labute approximate surface area is 86.3 Å². The van der Waals surface area contributed by atoms with Crippen LogP contribution in [0.5, 0.6) is 0 Å². The summed E-state index contributed by atoms with van der Waals surface area (Å²) in [6.07, 6.45) is 6.06. The molecular formula is C9H22NO3P. The summed E-state index contributed by atoms with van der Waals surface area (Å²) < 4.78 is 10.9. The average Bonchev–Trinajstić information content (AvgIpc) is 2.09. The second-order valence-electron chi connectivity index (χ2n) is 3.60. The van der Waals surface area contributed by atoms with Gasteiger partial charge in [-0.05, 0) is 13.5 Å². The second kappa shape index (κ2) is 7.41. The molecule has 1 unspecified atom stereocenters. The van der Waals surface area contributed by atoms with E-state index in [2.05, 4.69) is 12.2 Å². The maximum atomic E-state index is 10.9. The van der Waals surface area contributed by atoms with Crippen LogP contribution in [0.3, 0.4) is 0 Å². The summed E-state index contributed by atoms with van der Waals surface area (Å²) in [5.41, 5.74) is 0. The normalized spacial score (nSPS) is 14.3. The Balaban J connectivity index is 3.59. The van der Waals surface area contributed by atoms with Gasteiger partial charge in [-0.25, -0.2) is 0 Å². The van der Waals surface area contributed by atoms with E-state index in [0.717, 1.165) is 19.3 Å². The van der Waals surface area contributed by atoms with Crippen LogP contribution in [0, 0.1) is 0 Å². The molecule has 4 nitrogen and oxygen atoms in total. The molecule has 14 heavy (non-hydrogen) atoms. The Hall–Kier alpha value is 0.110. The van der Waals surface area contributed by atoms with Gasteiger partial charge in [-0.3, -0.25) is 4.57 Å². The van der Waals surface area contributed by atoms with E-state index in [1.54, 1.807) is 7.05 Å². The molecule has 0 aromatic heterocycles. The monoisotopic (exact) mass is 223 g/mol. The summed E-state index contributed by atoms with van der Waals surface area (Å²) in [6, 6.07) is 0. The van der Waals surface area contributed by atoms with Crippen LogP contribution in [0.1, 0.15) is 45.4 Å². The van der Waals surface area contributed by atoms with Crippen LogP contribution in [0.4, 0.5) is 0 Å². The third-order valence-electron chi connectivity index (χ3n) is 2.32. The topological polar surface area (TPSA) is 69.6 Å². The lowest BCUT2D eigenvalue weighted by molar-refractivity contribution is 0.343. The first-order valence-electron chi connectivity index (χ1n) is 5.24. The fourth-order valence-corrected chi connectivity index (χ4v) is 2.28. The average molecular weight is 223 g/mol. The van der Waals surface area contributed by atoms with Crippen LogP contribution in [0.25, 0.3) is 0 Å². The molecule has 0 radical (unpaired) electrons. The minimum Gasteiger partial charge on any atom is -0.323 e. The van der Waals surface area contributed by atoms with Crippen molar-refractivity contribution in [1.82, 2.24) is 5.32 Å². The van der Waals surface area contributed by atoms with Crippen molar-refractivity contribution in [2.24, 2.45) is 0 Å². The van der Waals surface area contributed by atoms with Crippen molar-refractivity contribution in [2.45, 2.75) is 51.2 Å². The van der Waals surface area contributed by atoms with Gasteiger partial charge in [0.2, 0.25) is 0 Å². The number of nitrogens with one attached hydrogen (secondary N) is 1.